The van der Waals surface area contributed by atoms with E-state index in [1.54, 1.807) is 11.8 Å². The van der Waals surface area contributed by atoms with Crippen molar-refractivity contribution in [2.24, 2.45) is 5.16 Å². The van der Waals surface area contributed by atoms with Gasteiger partial charge >= 0.3 is 5.97 Å². The lowest BCUT2D eigenvalue weighted by atomic mass is 10.0. The fourth-order valence-corrected chi connectivity index (χ4v) is 4.00. The van der Waals surface area contributed by atoms with Gasteiger partial charge in [0, 0.05) is 17.8 Å². The van der Waals surface area contributed by atoms with Crippen LogP contribution in [0.2, 0.25) is 5.02 Å². The molecule has 0 saturated carbocycles. The second kappa shape index (κ2) is 8.78. The van der Waals surface area contributed by atoms with E-state index in [0.717, 1.165) is 11.3 Å². The quantitative estimate of drug-likeness (QED) is 0.466. The average molecular weight is 444 g/mol. The number of hydrogen-bond donors (Lipinski definition) is 3. The highest BCUT2D eigenvalue weighted by Gasteiger charge is 2.33. The Hall–Kier alpha value is -2.66. The third-order valence-electron chi connectivity index (χ3n) is 4.49. The molecule has 0 aliphatic carbocycles. The zero-order valence-corrected chi connectivity index (χ0v) is 17.2. The van der Waals surface area contributed by atoms with Crippen LogP contribution in [0.15, 0.2) is 11.4 Å². The number of carbonyl (C=O) groups is 2. The maximum absolute atomic E-state index is 14.7. The summed E-state index contributed by atoms with van der Waals surface area (Å²) in [5.74, 6) is -1.57. The number of nitrogens with zero attached hydrogens (tertiary/aromatic N) is 3. The van der Waals surface area contributed by atoms with Crippen molar-refractivity contribution in [2.45, 2.75) is 25.6 Å². The molecule has 1 aliphatic rings. The van der Waals surface area contributed by atoms with Crippen molar-refractivity contribution in [1.29, 1.82) is 0 Å². The molecule has 0 radical (unpaired) electrons. The number of carbonyl (C=O) groups excluding carboxylic acids is 1. The summed E-state index contributed by atoms with van der Waals surface area (Å²) in [7, 11) is 1.37. The van der Waals surface area contributed by atoms with Crippen molar-refractivity contribution in [3.8, 4) is 0 Å². The Labute approximate surface area is 174 Å². The van der Waals surface area contributed by atoms with Gasteiger partial charge in [-0.25, -0.2) is 14.2 Å². The first-order valence-electron chi connectivity index (χ1n) is 8.65. The van der Waals surface area contributed by atoms with E-state index in [4.69, 9.17) is 16.7 Å². The van der Waals surface area contributed by atoms with Crippen LogP contribution in [0.5, 0.6) is 0 Å². The van der Waals surface area contributed by atoms with Crippen molar-refractivity contribution in [1.82, 2.24) is 15.3 Å². The number of oxime groups is 1. The second-order valence-corrected chi connectivity index (χ2v) is 7.80. The van der Waals surface area contributed by atoms with Crippen molar-refractivity contribution in [2.75, 3.05) is 25.1 Å². The van der Waals surface area contributed by atoms with Gasteiger partial charge in [-0.15, -0.1) is 0 Å². The number of hydrogen-bond acceptors (Lipinski definition) is 7. The van der Waals surface area contributed by atoms with Gasteiger partial charge in [0.1, 0.15) is 23.9 Å². The Bertz CT molecular complexity index is 946. The van der Waals surface area contributed by atoms with Crippen LogP contribution >= 0.6 is 22.9 Å². The summed E-state index contributed by atoms with van der Waals surface area (Å²) in [5, 5.41) is 16.1. The van der Waals surface area contributed by atoms with Crippen LogP contribution < -0.4 is 10.2 Å². The molecule has 0 aromatic carbocycles. The van der Waals surface area contributed by atoms with Crippen LogP contribution in [0.25, 0.3) is 0 Å². The van der Waals surface area contributed by atoms with E-state index in [-0.39, 0.29) is 17.1 Å². The normalized spacial score (nSPS) is 19.5. The van der Waals surface area contributed by atoms with Crippen LogP contribution in [0.3, 0.4) is 0 Å². The standard InChI is InChI=1S/C17H19ClFN5O4S/c1-8-13(18)9(5-21-28-2)14(22-8)15(25)23-11-3-4-24(7-10(11)19)17-20-6-12(29-17)16(26)27/h5-6,10-11,22H,3-4,7H2,1-2H3,(H,23,25)(H,26,27)/b21-5+/t10-,11+/m0/s1. The lowest BCUT2D eigenvalue weighted by molar-refractivity contribution is 0.0701. The van der Waals surface area contributed by atoms with Crippen molar-refractivity contribution >= 4 is 46.2 Å². The Kier molecular flexibility index (Phi) is 6.38. The summed E-state index contributed by atoms with van der Waals surface area (Å²) in [5.41, 5.74) is 1.12. The number of carboxylic acids is 1. The molecule has 0 unspecified atom stereocenters. The van der Waals surface area contributed by atoms with E-state index >= 15 is 0 Å². The third kappa shape index (κ3) is 4.51. The molecule has 12 heteroatoms. The van der Waals surface area contributed by atoms with Crippen LogP contribution in [0.1, 0.15) is 37.8 Å². The first-order chi connectivity index (χ1) is 13.8. The average Bonchev–Trinajstić information content (AvgIpc) is 3.28. The number of aromatic amines is 1. The van der Waals surface area contributed by atoms with E-state index in [1.807, 2.05) is 0 Å². The Morgan fingerprint density at radius 3 is 2.97 bits per heavy atom. The van der Waals surface area contributed by atoms with Crippen molar-refractivity contribution in [3.05, 3.63) is 33.0 Å². The fourth-order valence-electron chi connectivity index (χ4n) is 3.02. The number of halogens is 2. The molecule has 0 spiro atoms. The molecule has 3 N–H and O–H groups in total. The van der Waals surface area contributed by atoms with Crippen LogP contribution in [0, 0.1) is 6.92 Å². The highest BCUT2D eigenvalue weighted by molar-refractivity contribution is 7.17. The first-order valence-corrected chi connectivity index (χ1v) is 9.84. The minimum Gasteiger partial charge on any atom is -0.477 e. The topological polar surface area (TPSA) is 120 Å². The summed E-state index contributed by atoms with van der Waals surface area (Å²) in [6, 6.07) is -0.702. The number of H-pyrrole nitrogens is 1. The van der Waals surface area contributed by atoms with E-state index in [9.17, 15) is 14.0 Å². The smallest absolute Gasteiger partial charge is 0.347 e. The molecule has 3 rings (SSSR count). The van der Waals surface area contributed by atoms with Gasteiger partial charge < -0.3 is 25.1 Å². The number of piperidine rings is 1. The number of amides is 1. The van der Waals surface area contributed by atoms with Crippen LogP contribution in [-0.2, 0) is 4.84 Å². The number of thiazole rings is 1. The van der Waals surface area contributed by atoms with Crippen LogP contribution in [0.4, 0.5) is 9.52 Å². The van der Waals surface area contributed by atoms with Crippen molar-refractivity contribution < 1.29 is 23.9 Å². The van der Waals surface area contributed by atoms with Crippen LogP contribution in [-0.4, -0.2) is 65.6 Å². The largest absolute Gasteiger partial charge is 0.477 e. The van der Waals surface area contributed by atoms with Gasteiger partial charge in [-0.2, -0.15) is 0 Å². The summed E-state index contributed by atoms with van der Waals surface area (Å²) in [6.07, 6.45) is 1.55. The highest BCUT2D eigenvalue weighted by Crippen LogP contribution is 2.27. The molecule has 1 saturated heterocycles. The highest BCUT2D eigenvalue weighted by atomic mass is 35.5. The predicted molar refractivity (Wildman–Crippen MR) is 107 cm³/mol. The maximum Gasteiger partial charge on any atom is 0.347 e. The summed E-state index contributed by atoms with van der Waals surface area (Å²) >= 11 is 7.18. The van der Waals surface area contributed by atoms with E-state index in [1.165, 1.54) is 19.5 Å². The van der Waals surface area contributed by atoms with E-state index < -0.39 is 24.1 Å². The number of aromatic carboxylic acids is 1. The molecule has 0 bridgehead atoms. The molecule has 1 amide bonds. The van der Waals surface area contributed by atoms with Crippen molar-refractivity contribution in [3.63, 3.8) is 0 Å². The first kappa shape index (κ1) is 21.1. The van der Waals surface area contributed by atoms with E-state index in [2.05, 4.69) is 25.3 Å². The fraction of sp³-hybridized carbons (Fsp3) is 0.412. The van der Waals surface area contributed by atoms with Gasteiger partial charge in [-0.05, 0) is 13.3 Å². The van der Waals surface area contributed by atoms with Gasteiger partial charge in [0.2, 0.25) is 0 Å². The summed E-state index contributed by atoms with van der Waals surface area (Å²) in [4.78, 5) is 37.0. The summed E-state index contributed by atoms with van der Waals surface area (Å²) in [6.45, 7) is 2.14. The number of carboxylic acid groups (broad SMARTS) is 1. The third-order valence-corrected chi connectivity index (χ3v) is 6.03. The second-order valence-electron chi connectivity index (χ2n) is 6.41. The number of aryl methyl sites for hydroxylation is 1. The minimum absolute atomic E-state index is 0.0000192. The molecule has 3 heterocycles. The molecular weight excluding hydrogens is 425 g/mol. The Morgan fingerprint density at radius 1 is 1.59 bits per heavy atom. The number of alkyl halides is 1. The SMILES string of the molecule is CO/N=C/c1c(C(=O)N[C@@H]2CCN(c3ncc(C(=O)O)s3)C[C@@H]2F)[nH]c(C)c1Cl. The maximum atomic E-state index is 14.7. The molecule has 29 heavy (non-hydrogen) atoms. The van der Waals surface area contributed by atoms with Gasteiger partial charge in [0.15, 0.2) is 5.13 Å². The molecule has 2 atom stereocenters. The van der Waals surface area contributed by atoms with Gasteiger partial charge in [-0.1, -0.05) is 28.1 Å². The molecule has 156 valence electrons. The minimum atomic E-state index is -1.35. The zero-order valence-electron chi connectivity index (χ0n) is 15.6. The Morgan fingerprint density at radius 2 is 2.34 bits per heavy atom. The monoisotopic (exact) mass is 443 g/mol. The van der Waals surface area contributed by atoms with E-state index in [0.29, 0.717) is 34.4 Å². The van der Waals surface area contributed by atoms with Gasteiger partial charge in [0.25, 0.3) is 5.91 Å². The molecular formula is C17H19ClFN5O4S. The lowest BCUT2D eigenvalue weighted by Crippen LogP contribution is -2.52. The Balaban J connectivity index is 1.67. The molecule has 1 fully saturated rings. The summed E-state index contributed by atoms with van der Waals surface area (Å²) < 4.78 is 14.7. The lowest BCUT2D eigenvalue weighted by Gasteiger charge is -2.34. The number of aromatic nitrogens is 2. The zero-order chi connectivity index (χ0) is 21.1. The van der Waals surface area contributed by atoms with Gasteiger partial charge in [0.05, 0.1) is 30.0 Å². The molecule has 9 nitrogen and oxygen atoms in total. The number of rotatable bonds is 6. The molecule has 1 aliphatic heterocycles. The van der Waals surface area contributed by atoms with Gasteiger partial charge in [-0.3, -0.25) is 4.79 Å². The number of anilines is 1. The molecule has 2 aromatic heterocycles. The predicted octanol–water partition coefficient (Wildman–Crippen LogP) is 2.46. The number of nitrogens with one attached hydrogen (secondary N) is 2. The molecule has 2 aromatic rings.